The zero-order valence-electron chi connectivity index (χ0n) is 28.9. The molecule has 1 aliphatic carbocycles. The van der Waals surface area contributed by atoms with E-state index in [1.807, 2.05) is 30.3 Å². The summed E-state index contributed by atoms with van der Waals surface area (Å²) in [4.78, 5) is 75.1. The molecule has 2 aliphatic rings. The Kier molecular flexibility index (Phi) is 15.0. The van der Waals surface area contributed by atoms with Gasteiger partial charge in [-0.1, -0.05) is 49.4 Å². The van der Waals surface area contributed by atoms with Crippen molar-refractivity contribution in [3.63, 3.8) is 0 Å². The Bertz CT molecular complexity index is 1460. The number of aromatic nitrogens is 3. The molecule has 0 spiro atoms. The number of Topliss-reactive ketones (excluding diaryl/α,β-unsaturated/α-hetero) is 1. The number of rotatable bonds is 20. The third-order valence-corrected chi connectivity index (χ3v) is 9.01. The normalized spacial score (nSPS) is 19.6. The Morgan fingerprint density at radius 2 is 1.70 bits per heavy atom. The molecule has 2 fully saturated rings. The van der Waals surface area contributed by atoms with Crippen molar-refractivity contribution in [1.82, 2.24) is 35.8 Å². The van der Waals surface area contributed by atoms with E-state index in [9.17, 15) is 28.8 Å². The fourth-order valence-corrected chi connectivity index (χ4v) is 6.14. The molecule has 50 heavy (non-hydrogen) atoms. The second-order valence-electron chi connectivity index (χ2n) is 12.9. The Labute approximate surface area is 292 Å². The van der Waals surface area contributed by atoms with Crippen LogP contribution in [-0.2, 0) is 57.8 Å². The molecule has 0 bridgehead atoms. The van der Waals surface area contributed by atoms with Gasteiger partial charge in [-0.05, 0) is 43.6 Å². The van der Waals surface area contributed by atoms with Crippen LogP contribution in [0.15, 0.2) is 36.5 Å². The van der Waals surface area contributed by atoms with Gasteiger partial charge in [0, 0.05) is 37.8 Å². The Hall–Kier alpha value is -4.50. The summed E-state index contributed by atoms with van der Waals surface area (Å²) in [6.07, 6.45) is 5.74. The maximum Gasteiger partial charge on any atom is 0.246 e. The first kappa shape index (κ1) is 38.3. The lowest BCUT2D eigenvalue weighted by Crippen LogP contribution is -2.44. The highest BCUT2D eigenvalue weighted by Crippen LogP contribution is 2.31. The highest BCUT2D eigenvalue weighted by Gasteiger charge is 2.37. The maximum absolute atomic E-state index is 12.7. The molecule has 3 N–H and O–H groups in total. The number of ether oxygens (including phenoxy) is 2. The fraction of sp³-hybridized carbons (Fsp3) is 0.600. The Morgan fingerprint density at radius 3 is 2.40 bits per heavy atom. The average Bonchev–Trinajstić information content (AvgIpc) is 3.67. The van der Waals surface area contributed by atoms with E-state index in [0.29, 0.717) is 38.2 Å². The predicted octanol–water partition coefficient (Wildman–Crippen LogP) is 0.952. The Morgan fingerprint density at radius 1 is 0.960 bits per heavy atom. The summed E-state index contributed by atoms with van der Waals surface area (Å²) < 4.78 is 12.4. The molecule has 2 atom stereocenters. The SMILES string of the molecule is CCC(=O)C(Cc1ccccc1)NC(=O)COCC(=O)NCCOCCn1cc(CNC(=O)C2CCC(CN3C(=O)CC(C)C3=O)CC2)nn1. The smallest absolute Gasteiger partial charge is 0.246 e. The van der Waals surface area contributed by atoms with Gasteiger partial charge in [0.25, 0.3) is 0 Å². The molecule has 1 aliphatic heterocycles. The lowest BCUT2D eigenvalue weighted by Gasteiger charge is -2.30. The van der Waals surface area contributed by atoms with Crippen LogP contribution in [0.1, 0.15) is 63.6 Å². The van der Waals surface area contributed by atoms with Crippen LogP contribution in [0.2, 0.25) is 0 Å². The zero-order chi connectivity index (χ0) is 35.9. The highest BCUT2D eigenvalue weighted by atomic mass is 16.5. The molecule has 4 rings (SSSR count). The number of benzene rings is 1. The first-order valence-electron chi connectivity index (χ1n) is 17.4. The van der Waals surface area contributed by atoms with Gasteiger partial charge in [0.15, 0.2) is 5.78 Å². The molecular formula is C35H49N7O8. The summed E-state index contributed by atoms with van der Waals surface area (Å²) in [6.45, 7) is 4.87. The number of carbonyl (C=O) groups is 6. The number of likely N-dealkylation sites (tertiary alicyclic amines) is 1. The first-order valence-corrected chi connectivity index (χ1v) is 17.4. The van der Waals surface area contributed by atoms with Gasteiger partial charge in [0.2, 0.25) is 29.5 Å². The van der Waals surface area contributed by atoms with Crippen molar-refractivity contribution in [2.45, 2.75) is 77.9 Å². The fourth-order valence-electron chi connectivity index (χ4n) is 6.14. The van der Waals surface area contributed by atoms with Crippen LogP contribution in [0.5, 0.6) is 0 Å². The van der Waals surface area contributed by atoms with Crippen LogP contribution in [0.3, 0.4) is 0 Å². The van der Waals surface area contributed by atoms with Crippen LogP contribution < -0.4 is 16.0 Å². The topological polar surface area (TPSA) is 191 Å². The molecule has 1 aromatic heterocycles. The number of hydrogen-bond acceptors (Lipinski definition) is 10. The van der Waals surface area contributed by atoms with E-state index in [4.69, 9.17) is 9.47 Å². The van der Waals surface area contributed by atoms with Crippen molar-refractivity contribution in [2.75, 3.05) is 39.5 Å². The van der Waals surface area contributed by atoms with E-state index >= 15 is 0 Å². The van der Waals surface area contributed by atoms with Gasteiger partial charge in [-0.25, -0.2) is 4.68 Å². The molecule has 1 saturated heterocycles. The van der Waals surface area contributed by atoms with Gasteiger partial charge in [0.1, 0.15) is 18.9 Å². The van der Waals surface area contributed by atoms with Crippen LogP contribution in [0, 0.1) is 17.8 Å². The average molecular weight is 696 g/mol. The van der Waals surface area contributed by atoms with E-state index in [1.54, 1.807) is 24.7 Å². The molecule has 2 heterocycles. The first-order chi connectivity index (χ1) is 24.1. The lowest BCUT2D eigenvalue weighted by atomic mass is 9.81. The zero-order valence-corrected chi connectivity index (χ0v) is 28.9. The highest BCUT2D eigenvalue weighted by molar-refractivity contribution is 6.03. The summed E-state index contributed by atoms with van der Waals surface area (Å²) in [6, 6.07) is 8.76. The van der Waals surface area contributed by atoms with Crippen molar-refractivity contribution in [3.05, 3.63) is 47.8 Å². The quantitative estimate of drug-likeness (QED) is 0.133. The molecule has 1 aromatic carbocycles. The second kappa shape index (κ2) is 19.6. The van der Waals surface area contributed by atoms with Crippen molar-refractivity contribution < 1.29 is 38.2 Å². The molecule has 0 radical (unpaired) electrons. The number of carbonyl (C=O) groups excluding carboxylic acids is 6. The summed E-state index contributed by atoms with van der Waals surface area (Å²) in [5.41, 5.74) is 1.56. The van der Waals surface area contributed by atoms with Gasteiger partial charge in [-0.15, -0.1) is 5.10 Å². The standard InChI is InChI=1S/C35H49N7O8/c1-3-30(43)29(18-25-7-5-4-6-8-25)38-32(45)23-50-22-31(44)36-13-15-49-16-14-41-21-28(39-40-41)19-37-34(47)27-11-9-26(10-12-27)20-42-33(46)17-24(2)35(42)48/h4-8,21,24,26-27,29H,3,9-20,22-23H2,1-2H3,(H,36,44)(H,37,47)(H,38,45). The van der Waals surface area contributed by atoms with Gasteiger partial charge in [-0.3, -0.25) is 33.7 Å². The molecule has 2 unspecified atom stereocenters. The number of amides is 5. The van der Waals surface area contributed by atoms with Crippen molar-refractivity contribution >= 4 is 35.3 Å². The summed E-state index contributed by atoms with van der Waals surface area (Å²) in [5.74, 6) is -1.26. The largest absolute Gasteiger partial charge is 0.378 e. The molecule has 2 aromatic rings. The molecular weight excluding hydrogens is 646 g/mol. The maximum atomic E-state index is 12.7. The van der Waals surface area contributed by atoms with Crippen LogP contribution in [0.25, 0.3) is 0 Å². The third kappa shape index (κ3) is 12.1. The Balaban J connectivity index is 1.01. The number of nitrogens with zero attached hydrogens (tertiary/aromatic N) is 4. The lowest BCUT2D eigenvalue weighted by molar-refractivity contribution is -0.140. The molecule has 5 amide bonds. The molecule has 272 valence electrons. The van der Waals surface area contributed by atoms with Gasteiger partial charge in [-0.2, -0.15) is 0 Å². The monoisotopic (exact) mass is 695 g/mol. The summed E-state index contributed by atoms with van der Waals surface area (Å²) in [7, 11) is 0. The van der Waals surface area contributed by atoms with Crippen molar-refractivity contribution in [3.8, 4) is 0 Å². The third-order valence-electron chi connectivity index (χ3n) is 9.01. The molecule has 1 saturated carbocycles. The predicted molar refractivity (Wildman–Crippen MR) is 180 cm³/mol. The van der Waals surface area contributed by atoms with Gasteiger partial charge >= 0.3 is 0 Å². The van der Waals surface area contributed by atoms with E-state index in [-0.39, 0.29) is 80.6 Å². The van der Waals surface area contributed by atoms with Gasteiger partial charge in [0.05, 0.1) is 38.5 Å². The van der Waals surface area contributed by atoms with Crippen LogP contribution >= 0.6 is 0 Å². The van der Waals surface area contributed by atoms with E-state index in [1.165, 1.54) is 4.90 Å². The van der Waals surface area contributed by atoms with Crippen molar-refractivity contribution in [1.29, 1.82) is 0 Å². The molecule has 15 heteroatoms. The van der Waals surface area contributed by atoms with Crippen LogP contribution in [-0.4, -0.2) is 101 Å². The minimum atomic E-state index is -0.657. The minimum Gasteiger partial charge on any atom is -0.378 e. The number of ketones is 1. The van der Waals surface area contributed by atoms with Crippen LogP contribution in [0.4, 0.5) is 0 Å². The summed E-state index contributed by atoms with van der Waals surface area (Å²) >= 11 is 0. The number of hydrogen-bond donors (Lipinski definition) is 3. The van der Waals surface area contributed by atoms with E-state index < -0.39 is 17.9 Å². The van der Waals surface area contributed by atoms with E-state index in [2.05, 4.69) is 26.3 Å². The van der Waals surface area contributed by atoms with E-state index in [0.717, 1.165) is 31.2 Å². The summed E-state index contributed by atoms with van der Waals surface area (Å²) in [5, 5.41) is 16.5. The van der Waals surface area contributed by atoms with Crippen molar-refractivity contribution in [2.24, 2.45) is 17.8 Å². The number of nitrogens with one attached hydrogen (secondary N) is 3. The minimum absolute atomic E-state index is 0.0325. The van der Waals surface area contributed by atoms with Gasteiger partial charge < -0.3 is 25.4 Å². The molecule has 15 nitrogen and oxygen atoms in total. The number of imide groups is 1. The second-order valence-corrected chi connectivity index (χ2v) is 12.9.